The molecule has 4 heteroatoms. The van der Waals surface area contributed by atoms with Crippen molar-refractivity contribution in [3.63, 3.8) is 0 Å². The molecule has 0 aromatic heterocycles. The minimum absolute atomic E-state index is 0.00727. The largest absolute Gasteiger partial charge is 0.316 e. The van der Waals surface area contributed by atoms with Gasteiger partial charge in [-0.05, 0) is 24.9 Å². The molecule has 1 heterocycles. The Labute approximate surface area is 79.0 Å². The lowest BCUT2D eigenvalue weighted by Gasteiger charge is -2.26. The molecular formula is C9H18N2O2. The van der Waals surface area contributed by atoms with Crippen molar-refractivity contribution in [2.75, 3.05) is 19.7 Å². The minimum Gasteiger partial charge on any atom is -0.316 e. The summed E-state index contributed by atoms with van der Waals surface area (Å²) in [5.41, 5.74) is 2.45. The van der Waals surface area contributed by atoms with E-state index in [0.29, 0.717) is 24.9 Å². The molecule has 0 atom stereocenters. The predicted octanol–water partition coefficient (Wildman–Crippen LogP) is 0.300. The topological polar surface area (TPSA) is 50.4 Å². The Morgan fingerprint density at radius 3 is 2.77 bits per heavy atom. The molecule has 0 saturated carbocycles. The highest BCUT2D eigenvalue weighted by Crippen LogP contribution is 2.07. The van der Waals surface area contributed by atoms with Crippen molar-refractivity contribution < 1.29 is 9.63 Å². The maximum Gasteiger partial charge on any atom is 0.243 e. The minimum atomic E-state index is -0.00727. The van der Waals surface area contributed by atoms with Crippen LogP contribution in [0.1, 0.15) is 20.3 Å². The number of amides is 1. The second kappa shape index (κ2) is 5.19. The Balaban J connectivity index is 1.97. The lowest BCUT2D eigenvalue weighted by atomic mass is 9.99. The number of carbonyl (C=O) groups excluding carboxylic acids is 1. The van der Waals surface area contributed by atoms with E-state index in [1.54, 1.807) is 0 Å². The highest BCUT2D eigenvalue weighted by Gasteiger charge is 2.19. The Hall–Kier alpha value is -0.610. The van der Waals surface area contributed by atoms with Crippen molar-refractivity contribution in [3.05, 3.63) is 0 Å². The summed E-state index contributed by atoms with van der Waals surface area (Å²) in [5.74, 6) is 0.945. The summed E-state index contributed by atoms with van der Waals surface area (Å²) in [7, 11) is 0. The molecule has 0 aromatic rings. The van der Waals surface area contributed by atoms with Crippen molar-refractivity contribution in [2.45, 2.75) is 20.3 Å². The van der Waals surface area contributed by atoms with Gasteiger partial charge in [-0.15, -0.1) is 0 Å². The number of nitrogens with one attached hydrogen (secondary N) is 2. The Bertz CT molecular complexity index is 167. The van der Waals surface area contributed by atoms with Crippen LogP contribution in [-0.2, 0) is 9.63 Å². The molecule has 1 fully saturated rings. The Morgan fingerprint density at radius 1 is 1.62 bits per heavy atom. The quantitative estimate of drug-likeness (QED) is 0.607. The lowest BCUT2D eigenvalue weighted by molar-refractivity contribution is -0.135. The van der Waals surface area contributed by atoms with Gasteiger partial charge < -0.3 is 5.32 Å². The molecule has 1 rings (SSSR count). The predicted molar refractivity (Wildman–Crippen MR) is 49.9 cm³/mol. The van der Waals surface area contributed by atoms with Gasteiger partial charge in [0.05, 0.1) is 6.61 Å². The fraction of sp³-hybridized carbons (Fsp3) is 0.889. The average Bonchev–Trinajstić information content (AvgIpc) is 1.96. The first-order chi connectivity index (χ1) is 6.18. The number of hydrogen-bond acceptors (Lipinski definition) is 3. The molecule has 2 N–H and O–H groups in total. The third-order valence-electron chi connectivity index (χ3n) is 1.94. The van der Waals surface area contributed by atoms with Gasteiger partial charge in [0.25, 0.3) is 0 Å². The molecule has 0 bridgehead atoms. The molecule has 1 aliphatic heterocycles. The smallest absolute Gasteiger partial charge is 0.243 e. The molecule has 0 spiro atoms. The number of hydrogen-bond donors (Lipinski definition) is 2. The summed E-state index contributed by atoms with van der Waals surface area (Å²) in [4.78, 5) is 16.2. The normalized spacial score (nSPS) is 17.2. The summed E-state index contributed by atoms with van der Waals surface area (Å²) in [6.07, 6.45) is 0.574. The van der Waals surface area contributed by atoms with Crippen LogP contribution in [-0.4, -0.2) is 25.6 Å². The molecule has 1 aliphatic rings. The van der Waals surface area contributed by atoms with Gasteiger partial charge in [0.15, 0.2) is 0 Å². The standard InChI is InChI=1S/C9H18N2O2/c1-7(2)6-13-11-9(12)3-8-4-10-5-8/h7-8,10H,3-6H2,1-2H3,(H,11,12). The number of rotatable bonds is 5. The van der Waals surface area contributed by atoms with E-state index in [2.05, 4.69) is 10.8 Å². The monoisotopic (exact) mass is 186 g/mol. The molecule has 13 heavy (non-hydrogen) atoms. The van der Waals surface area contributed by atoms with Crippen molar-refractivity contribution in [1.29, 1.82) is 0 Å². The summed E-state index contributed by atoms with van der Waals surface area (Å²) in [6, 6.07) is 0. The zero-order chi connectivity index (χ0) is 9.68. The maximum absolute atomic E-state index is 11.2. The van der Waals surface area contributed by atoms with Gasteiger partial charge in [0.1, 0.15) is 0 Å². The van der Waals surface area contributed by atoms with Crippen LogP contribution >= 0.6 is 0 Å². The highest BCUT2D eigenvalue weighted by molar-refractivity contribution is 5.75. The van der Waals surface area contributed by atoms with E-state index in [1.165, 1.54) is 0 Å². The van der Waals surface area contributed by atoms with Gasteiger partial charge in [-0.2, -0.15) is 0 Å². The molecule has 0 aromatic carbocycles. The first-order valence-corrected chi connectivity index (χ1v) is 4.80. The van der Waals surface area contributed by atoms with Gasteiger partial charge in [0.2, 0.25) is 5.91 Å². The number of hydroxylamine groups is 1. The van der Waals surface area contributed by atoms with Crippen LogP contribution in [0.5, 0.6) is 0 Å². The second-order valence-electron chi connectivity index (χ2n) is 3.96. The lowest BCUT2D eigenvalue weighted by Crippen LogP contribution is -2.44. The van der Waals surface area contributed by atoms with E-state index in [1.807, 2.05) is 13.8 Å². The van der Waals surface area contributed by atoms with Crippen LogP contribution in [0.2, 0.25) is 0 Å². The van der Waals surface area contributed by atoms with Gasteiger partial charge in [0, 0.05) is 6.42 Å². The van der Waals surface area contributed by atoms with Crippen molar-refractivity contribution in [1.82, 2.24) is 10.8 Å². The maximum atomic E-state index is 11.2. The Morgan fingerprint density at radius 2 is 2.31 bits per heavy atom. The van der Waals surface area contributed by atoms with E-state index in [4.69, 9.17) is 4.84 Å². The SMILES string of the molecule is CC(C)CONC(=O)CC1CNC1. The molecule has 76 valence electrons. The van der Waals surface area contributed by atoms with Crippen molar-refractivity contribution in [3.8, 4) is 0 Å². The molecule has 0 radical (unpaired) electrons. The zero-order valence-electron chi connectivity index (χ0n) is 8.30. The fourth-order valence-electron chi connectivity index (χ4n) is 1.09. The van der Waals surface area contributed by atoms with E-state index in [0.717, 1.165) is 13.1 Å². The van der Waals surface area contributed by atoms with Crippen molar-refractivity contribution in [2.24, 2.45) is 11.8 Å². The number of carbonyl (C=O) groups is 1. The Kier molecular flexibility index (Phi) is 4.18. The highest BCUT2D eigenvalue weighted by atomic mass is 16.6. The summed E-state index contributed by atoms with van der Waals surface area (Å²) >= 11 is 0. The molecule has 4 nitrogen and oxygen atoms in total. The van der Waals surface area contributed by atoms with E-state index >= 15 is 0 Å². The summed E-state index contributed by atoms with van der Waals surface area (Å²) in [6.45, 7) is 6.58. The third-order valence-corrected chi connectivity index (χ3v) is 1.94. The third kappa shape index (κ3) is 4.24. The molecular weight excluding hydrogens is 168 g/mol. The molecule has 0 unspecified atom stereocenters. The zero-order valence-corrected chi connectivity index (χ0v) is 8.30. The van der Waals surface area contributed by atoms with Gasteiger partial charge in [-0.1, -0.05) is 13.8 Å². The van der Waals surface area contributed by atoms with Crippen molar-refractivity contribution >= 4 is 5.91 Å². The molecule has 0 aliphatic carbocycles. The van der Waals surface area contributed by atoms with Crippen LogP contribution < -0.4 is 10.8 Å². The second-order valence-corrected chi connectivity index (χ2v) is 3.96. The average molecular weight is 186 g/mol. The van der Waals surface area contributed by atoms with Crippen LogP contribution in [0.3, 0.4) is 0 Å². The van der Waals surface area contributed by atoms with E-state index in [-0.39, 0.29) is 5.91 Å². The fourth-order valence-corrected chi connectivity index (χ4v) is 1.09. The van der Waals surface area contributed by atoms with Crippen LogP contribution in [0.4, 0.5) is 0 Å². The van der Waals surface area contributed by atoms with Gasteiger partial charge in [-0.3, -0.25) is 9.63 Å². The first kappa shape index (κ1) is 10.5. The van der Waals surface area contributed by atoms with Gasteiger partial charge >= 0.3 is 0 Å². The van der Waals surface area contributed by atoms with E-state index < -0.39 is 0 Å². The summed E-state index contributed by atoms with van der Waals surface area (Å²) < 4.78 is 0. The van der Waals surface area contributed by atoms with E-state index in [9.17, 15) is 4.79 Å². The van der Waals surface area contributed by atoms with Crippen LogP contribution in [0.15, 0.2) is 0 Å². The van der Waals surface area contributed by atoms with Crippen LogP contribution in [0, 0.1) is 11.8 Å². The van der Waals surface area contributed by atoms with Gasteiger partial charge in [-0.25, -0.2) is 5.48 Å². The molecule has 1 saturated heterocycles. The summed E-state index contributed by atoms with van der Waals surface area (Å²) in [5, 5.41) is 3.12. The van der Waals surface area contributed by atoms with Crippen LogP contribution in [0.25, 0.3) is 0 Å². The first-order valence-electron chi connectivity index (χ1n) is 4.80. The molecule has 1 amide bonds.